The van der Waals surface area contributed by atoms with Gasteiger partial charge in [-0.2, -0.15) is 5.10 Å². The number of methoxy groups -OCH3 is 1. The molecule has 0 spiro atoms. The summed E-state index contributed by atoms with van der Waals surface area (Å²) in [4.78, 5) is 30.2. The fraction of sp³-hybridized carbons (Fsp3) is 0.0833. The molecule has 0 bridgehead atoms. The Labute approximate surface area is 202 Å². The number of halogens is 1. The molecule has 0 atom stereocenters. The molecule has 9 heteroatoms. The van der Waals surface area contributed by atoms with Crippen LogP contribution in [0.2, 0.25) is 0 Å². The number of hydrogen-bond donors (Lipinski definition) is 1. The lowest BCUT2D eigenvalue weighted by Gasteiger charge is -2.13. The van der Waals surface area contributed by atoms with Gasteiger partial charge in [0.1, 0.15) is 5.75 Å². The first kappa shape index (κ1) is 22.8. The van der Waals surface area contributed by atoms with Gasteiger partial charge in [-0.05, 0) is 54.1 Å². The summed E-state index contributed by atoms with van der Waals surface area (Å²) in [6, 6.07) is 21.8. The van der Waals surface area contributed by atoms with E-state index in [1.807, 2.05) is 48.5 Å². The van der Waals surface area contributed by atoms with Crippen molar-refractivity contribution < 1.29 is 9.53 Å². The molecule has 1 amide bonds. The minimum Gasteiger partial charge on any atom is -0.497 e. The number of amides is 1. The number of carbonyl (C=O) groups is 1. The lowest BCUT2D eigenvalue weighted by atomic mass is 10.2. The van der Waals surface area contributed by atoms with Crippen LogP contribution in [0.25, 0.3) is 16.6 Å². The van der Waals surface area contributed by atoms with Crippen LogP contribution in [-0.2, 0) is 4.79 Å². The van der Waals surface area contributed by atoms with Gasteiger partial charge in [-0.1, -0.05) is 52.0 Å². The Hall–Kier alpha value is -3.43. The summed E-state index contributed by atoms with van der Waals surface area (Å²) in [6.07, 6.45) is 1.54. The van der Waals surface area contributed by atoms with Crippen molar-refractivity contribution in [2.45, 2.75) is 5.16 Å². The number of nitrogens with one attached hydrogen (secondary N) is 1. The third-order valence-corrected chi connectivity index (χ3v) is 6.13. The monoisotopic (exact) mass is 522 g/mol. The van der Waals surface area contributed by atoms with Crippen molar-refractivity contribution >= 4 is 50.7 Å². The van der Waals surface area contributed by atoms with Crippen molar-refractivity contribution in [3.63, 3.8) is 0 Å². The second-order valence-corrected chi connectivity index (χ2v) is 8.75. The number of rotatable bonds is 7. The molecule has 0 saturated carbocycles. The summed E-state index contributed by atoms with van der Waals surface area (Å²) < 4.78 is 7.59. The van der Waals surface area contributed by atoms with Gasteiger partial charge in [0.05, 0.1) is 35.7 Å². The van der Waals surface area contributed by atoms with Crippen molar-refractivity contribution in [1.82, 2.24) is 15.0 Å². The number of aromatic nitrogens is 2. The van der Waals surface area contributed by atoms with Crippen molar-refractivity contribution in [2.75, 3.05) is 12.9 Å². The number of carbonyl (C=O) groups excluding carboxylic acids is 1. The van der Waals surface area contributed by atoms with E-state index in [0.717, 1.165) is 10.0 Å². The Morgan fingerprint density at radius 3 is 2.73 bits per heavy atom. The minimum atomic E-state index is -0.316. The predicted molar refractivity (Wildman–Crippen MR) is 134 cm³/mol. The zero-order valence-electron chi connectivity index (χ0n) is 17.6. The van der Waals surface area contributed by atoms with E-state index in [0.29, 0.717) is 27.5 Å². The van der Waals surface area contributed by atoms with Crippen LogP contribution in [0.15, 0.2) is 92.3 Å². The average molecular weight is 523 g/mol. The van der Waals surface area contributed by atoms with Crippen LogP contribution < -0.4 is 15.7 Å². The van der Waals surface area contributed by atoms with E-state index in [2.05, 4.69) is 31.4 Å². The first-order valence-electron chi connectivity index (χ1n) is 9.91. The Bertz CT molecular complexity index is 1390. The highest BCUT2D eigenvalue weighted by Gasteiger charge is 2.14. The zero-order valence-corrected chi connectivity index (χ0v) is 20.0. The topological polar surface area (TPSA) is 85.6 Å². The van der Waals surface area contributed by atoms with Gasteiger partial charge in [0.25, 0.3) is 11.5 Å². The van der Waals surface area contributed by atoms with E-state index in [-0.39, 0.29) is 17.2 Å². The smallest absolute Gasteiger partial charge is 0.266 e. The number of nitrogens with zero attached hydrogens (tertiary/aromatic N) is 3. The molecule has 7 nitrogen and oxygen atoms in total. The molecular weight excluding hydrogens is 504 g/mol. The minimum absolute atomic E-state index is 0.0385. The van der Waals surface area contributed by atoms with E-state index in [1.165, 1.54) is 22.5 Å². The van der Waals surface area contributed by atoms with Crippen LogP contribution in [0.3, 0.4) is 0 Å². The highest BCUT2D eigenvalue weighted by Crippen LogP contribution is 2.22. The van der Waals surface area contributed by atoms with Gasteiger partial charge in [0.2, 0.25) is 0 Å². The Morgan fingerprint density at radius 1 is 1.15 bits per heavy atom. The second-order valence-electron chi connectivity index (χ2n) is 6.89. The first-order valence-corrected chi connectivity index (χ1v) is 11.7. The highest BCUT2D eigenvalue weighted by atomic mass is 79.9. The van der Waals surface area contributed by atoms with E-state index in [1.54, 1.807) is 31.4 Å². The van der Waals surface area contributed by atoms with Gasteiger partial charge in [0.15, 0.2) is 5.16 Å². The maximum atomic E-state index is 13.2. The number of ether oxygens (including phenoxy) is 1. The molecule has 3 aromatic carbocycles. The Kier molecular flexibility index (Phi) is 7.21. The first-order chi connectivity index (χ1) is 16.0. The normalized spacial score (nSPS) is 11.1. The van der Waals surface area contributed by atoms with E-state index in [4.69, 9.17) is 4.74 Å². The molecule has 0 aliphatic heterocycles. The van der Waals surface area contributed by atoms with Gasteiger partial charge in [-0.25, -0.2) is 10.4 Å². The largest absolute Gasteiger partial charge is 0.497 e. The summed E-state index contributed by atoms with van der Waals surface area (Å²) in [5.74, 6) is 0.426. The fourth-order valence-corrected chi connectivity index (χ4v) is 4.16. The molecule has 1 N–H and O–H groups in total. The molecule has 33 heavy (non-hydrogen) atoms. The number of thioether (sulfide) groups is 1. The lowest BCUT2D eigenvalue weighted by Crippen LogP contribution is -2.24. The van der Waals surface area contributed by atoms with Gasteiger partial charge < -0.3 is 4.74 Å². The molecule has 0 radical (unpaired) electrons. The van der Waals surface area contributed by atoms with E-state index in [9.17, 15) is 9.59 Å². The number of benzene rings is 3. The maximum absolute atomic E-state index is 13.2. The maximum Gasteiger partial charge on any atom is 0.266 e. The fourth-order valence-electron chi connectivity index (χ4n) is 3.09. The van der Waals surface area contributed by atoms with Crippen molar-refractivity contribution in [2.24, 2.45) is 5.10 Å². The molecule has 4 aromatic rings. The Morgan fingerprint density at radius 2 is 1.94 bits per heavy atom. The zero-order chi connectivity index (χ0) is 23.2. The van der Waals surface area contributed by atoms with Crippen LogP contribution in [0.4, 0.5) is 0 Å². The van der Waals surface area contributed by atoms with Gasteiger partial charge in [-0.15, -0.1) is 0 Å². The number of fused-ring (bicyclic) bond motifs is 1. The molecule has 0 unspecified atom stereocenters. The van der Waals surface area contributed by atoms with Crippen molar-refractivity contribution in [3.8, 4) is 11.4 Å². The molecule has 1 aromatic heterocycles. The van der Waals surface area contributed by atoms with Gasteiger partial charge >= 0.3 is 0 Å². The van der Waals surface area contributed by atoms with E-state index >= 15 is 0 Å². The quantitative estimate of drug-likeness (QED) is 0.168. The van der Waals surface area contributed by atoms with Crippen LogP contribution in [0, 0.1) is 0 Å². The molecule has 0 aliphatic carbocycles. The average Bonchev–Trinajstić information content (AvgIpc) is 2.84. The third kappa shape index (κ3) is 5.50. The van der Waals surface area contributed by atoms with Crippen molar-refractivity contribution in [1.29, 1.82) is 0 Å². The summed E-state index contributed by atoms with van der Waals surface area (Å²) in [5, 5.41) is 4.93. The standard InChI is InChI=1S/C24H19BrN4O3S/c1-32-19-6-4-5-16(13-19)14-26-28-22(30)15-33-24-27-21-8-3-2-7-20(21)23(31)29(24)18-11-9-17(25)10-12-18/h2-14H,15H2,1H3,(H,28,30)/b26-14+. The lowest BCUT2D eigenvalue weighted by molar-refractivity contribution is -0.118. The Balaban J connectivity index is 1.54. The summed E-state index contributed by atoms with van der Waals surface area (Å²) in [5.41, 5.74) is 4.35. The second kappa shape index (κ2) is 10.5. The van der Waals surface area contributed by atoms with Crippen LogP contribution in [-0.4, -0.2) is 34.5 Å². The van der Waals surface area contributed by atoms with Gasteiger partial charge in [0, 0.05) is 4.47 Å². The molecule has 4 rings (SSSR count). The van der Waals surface area contributed by atoms with Crippen LogP contribution in [0.1, 0.15) is 5.56 Å². The molecule has 1 heterocycles. The molecule has 0 aliphatic rings. The van der Waals surface area contributed by atoms with Gasteiger partial charge in [-0.3, -0.25) is 14.2 Å². The predicted octanol–water partition coefficient (Wildman–Crippen LogP) is 4.40. The summed E-state index contributed by atoms with van der Waals surface area (Å²) in [7, 11) is 1.59. The third-order valence-electron chi connectivity index (χ3n) is 4.66. The number of hydrazone groups is 1. The molecule has 0 fully saturated rings. The molecule has 0 saturated heterocycles. The van der Waals surface area contributed by atoms with Crippen LogP contribution in [0.5, 0.6) is 5.75 Å². The van der Waals surface area contributed by atoms with Crippen LogP contribution >= 0.6 is 27.7 Å². The van der Waals surface area contributed by atoms with E-state index < -0.39 is 0 Å². The number of hydrogen-bond acceptors (Lipinski definition) is 6. The molecular formula is C24H19BrN4O3S. The van der Waals surface area contributed by atoms with Crippen molar-refractivity contribution in [3.05, 3.63) is 93.2 Å². The highest BCUT2D eigenvalue weighted by molar-refractivity contribution is 9.10. The summed E-state index contributed by atoms with van der Waals surface area (Å²) >= 11 is 4.58. The summed E-state index contributed by atoms with van der Waals surface area (Å²) in [6.45, 7) is 0. The number of para-hydroxylation sites is 1. The SMILES string of the molecule is COc1cccc(/C=N/NC(=O)CSc2nc3ccccc3c(=O)n2-c2ccc(Br)cc2)c1. The molecule has 166 valence electrons.